The van der Waals surface area contributed by atoms with Gasteiger partial charge in [0.05, 0.1) is 18.4 Å². The number of ether oxygens (including phenoxy) is 1. The van der Waals surface area contributed by atoms with Crippen molar-refractivity contribution in [2.45, 2.75) is 0 Å². The van der Waals surface area contributed by atoms with E-state index in [-0.39, 0.29) is 5.97 Å². The van der Waals surface area contributed by atoms with Crippen LogP contribution in [0.25, 0.3) is 11.3 Å². The number of carbonyl (C=O) groups excluding carboxylic acids is 1. The van der Waals surface area contributed by atoms with Crippen LogP contribution in [-0.4, -0.2) is 25.1 Å². The van der Waals surface area contributed by atoms with E-state index in [1.807, 2.05) is 24.6 Å². The van der Waals surface area contributed by atoms with Crippen molar-refractivity contribution in [3.63, 3.8) is 0 Å². The van der Waals surface area contributed by atoms with Crippen LogP contribution in [0.4, 0.5) is 5.13 Å². The summed E-state index contributed by atoms with van der Waals surface area (Å²) < 4.78 is 4.64. The third-order valence-corrected chi connectivity index (χ3v) is 3.18. The maximum absolute atomic E-state index is 11.3. The van der Waals surface area contributed by atoms with Crippen molar-refractivity contribution < 1.29 is 9.53 Å². The fourth-order valence-corrected chi connectivity index (χ4v) is 2.10. The van der Waals surface area contributed by atoms with Crippen molar-refractivity contribution in [2.24, 2.45) is 0 Å². The van der Waals surface area contributed by atoms with Crippen molar-refractivity contribution >= 4 is 22.4 Å². The highest BCUT2D eigenvalue weighted by atomic mass is 32.1. The molecule has 5 heteroatoms. The first-order chi connectivity index (χ1) is 8.24. The molecule has 4 nitrogen and oxygen atoms in total. The Balaban J connectivity index is 2.25. The van der Waals surface area contributed by atoms with Gasteiger partial charge in [-0.05, 0) is 12.1 Å². The second-order valence-electron chi connectivity index (χ2n) is 3.36. The molecular formula is C12H12N2O2S. The summed E-state index contributed by atoms with van der Waals surface area (Å²) in [5.41, 5.74) is 2.42. The largest absolute Gasteiger partial charge is 0.465 e. The highest BCUT2D eigenvalue weighted by Gasteiger charge is 2.07. The molecule has 0 aliphatic carbocycles. The summed E-state index contributed by atoms with van der Waals surface area (Å²) >= 11 is 1.55. The number of thiazole rings is 1. The van der Waals surface area contributed by atoms with Crippen LogP contribution in [0.1, 0.15) is 10.4 Å². The summed E-state index contributed by atoms with van der Waals surface area (Å²) in [6, 6.07) is 7.20. The second kappa shape index (κ2) is 4.97. The van der Waals surface area contributed by atoms with Gasteiger partial charge in [-0.2, -0.15) is 0 Å². The predicted octanol–water partition coefficient (Wildman–Crippen LogP) is 2.64. The molecule has 0 saturated carbocycles. The summed E-state index contributed by atoms with van der Waals surface area (Å²) in [4.78, 5) is 15.7. The van der Waals surface area contributed by atoms with E-state index in [2.05, 4.69) is 15.0 Å². The van der Waals surface area contributed by atoms with Crippen molar-refractivity contribution in [3.8, 4) is 11.3 Å². The minimum absolute atomic E-state index is 0.328. The molecule has 1 heterocycles. The number of nitrogens with zero attached hydrogens (tertiary/aromatic N) is 1. The van der Waals surface area contributed by atoms with E-state index in [0.29, 0.717) is 5.56 Å². The summed E-state index contributed by atoms with van der Waals surface area (Å²) in [5, 5.41) is 5.83. The molecule has 17 heavy (non-hydrogen) atoms. The smallest absolute Gasteiger partial charge is 0.337 e. The lowest BCUT2D eigenvalue weighted by Crippen LogP contribution is -2.00. The van der Waals surface area contributed by atoms with E-state index in [1.165, 1.54) is 7.11 Å². The molecule has 2 rings (SSSR count). The van der Waals surface area contributed by atoms with Gasteiger partial charge in [0.1, 0.15) is 0 Å². The Hall–Kier alpha value is -1.88. The molecule has 0 atom stereocenters. The highest BCUT2D eigenvalue weighted by molar-refractivity contribution is 7.14. The molecule has 88 valence electrons. The quantitative estimate of drug-likeness (QED) is 0.848. The maximum Gasteiger partial charge on any atom is 0.337 e. The number of benzene rings is 1. The Kier molecular flexibility index (Phi) is 3.39. The molecule has 0 radical (unpaired) electrons. The monoisotopic (exact) mass is 248 g/mol. The number of carbonyl (C=O) groups is 1. The fraction of sp³-hybridized carbons (Fsp3) is 0.167. The van der Waals surface area contributed by atoms with Gasteiger partial charge < -0.3 is 10.1 Å². The molecule has 0 fully saturated rings. The Labute approximate surface area is 103 Å². The van der Waals surface area contributed by atoms with Gasteiger partial charge in [-0.3, -0.25) is 0 Å². The molecular weight excluding hydrogens is 236 g/mol. The van der Waals surface area contributed by atoms with Gasteiger partial charge in [0.2, 0.25) is 0 Å². The van der Waals surface area contributed by atoms with E-state index in [9.17, 15) is 4.79 Å². The zero-order valence-corrected chi connectivity index (χ0v) is 10.4. The van der Waals surface area contributed by atoms with Crippen molar-refractivity contribution in [1.29, 1.82) is 0 Å². The fourth-order valence-electron chi connectivity index (χ4n) is 1.42. The van der Waals surface area contributed by atoms with Gasteiger partial charge in [0.25, 0.3) is 0 Å². The number of hydrogen-bond acceptors (Lipinski definition) is 5. The van der Waals surface area contributed by atoms with Gasteiger partial charge >= 0.3 is 5.97 Å². The summed E-state index contributed by atoms with van der Waals surface area (Å²) in [7, 11) is 3.21. The number of methoxy groups -OCH3 is 1. The summed E-state index contributed by atoms with van der Waals surface area (Å²) in [6.45, 7) is 0. The van der Waals surface area contributed by atoms with Crippen LogP contribution in [-0.2, 0) is 4.74 Å². The summed E-state index contributed by atoms with van der Waals surface area (Å²) in [6.07, 6.45) is 0. The zero-order valence-electron chi connectivity index (χ0n) is 9.56. The number of nitrogens with one attached hydrogen (secondary N) is 1. The van der Waals surface area contributed by atoms with Gasteiger partial charge in [0.15, 0.2) is 5.13 Å². The van der Waals surface area contributed by atoms with E-state index in [4.69, 9.17) is 0 Å². The number of esters is 1. The lowest BCUT2D eigenvalue weighted by atomic mass is 10.1. The molecule has 2 aromatic rings. The lowest BCUT2D eigenvalue weighted by molar-refractivity contribution is 0.0601. The molecule has 0 unspecified atom stereocenters. The van der Waals surface area contributed by atoms with E-state index in [0.717, 1.165) is 16.4 Å². The maximum atomic E-state index is 11.3. The number of rotatable bonds is 3. The van der Waals surface area contributed by atoms with Crippen molar-refractivity contribution in [2.75, 3.05) is 19.5 Å². The average Bonchev–Trinajstić information content (AvgIpc) is 2.87. The van der Waals surface area contributed by atoms with Crippen LogP contribution in [0, 0.1) is 0 Å². The van der Waals surface area contributed by atoms with Crippen LogP contribution >= 0.6 is 11.3 Å². The van der Waals surface area contributed by atoms with Gasteiger partial charge in [-0.25, -0.2) is 9.78 Å². The predicted molar refractivity (Wildman–Crippen MR) is 68.4 cm³/mol. The Morgan fingerprint density at radius 2 is 2.06 bits per heavy atom. The molecule has 1 N–H and O–H groups in total. The van der Waals surface area contributed by atoms with Crippen LogP contribution < -0.4 is 5.32 Å². The highest BCUT2D eigenvalue weighted by Crippen LogP contribution is 2.24. The van der Waals surface area contributed by atoms with Crippen LogP contribution in [0.15, 0.2) is 29.6 Å². The topological polar surface area (TPSA) is 51.2 Å². The minimum Gasteiger partial charge on any atom is -0.465 e. The normalized spacial score (nSPS) is 10.0. The van der Waals surface area contributed by atoms with Crippen LogP contribution in [0.5, 0.6) is 0 Å². The molecule has 0 saturated heterocycles. The third-order valence-electron chi connectivity index (χ3n) is 2.32. The van der Waals surface area contributed by atoms with Gasteiger partial charge in [-0.1, -0.05) is 12.1 Å². The van der Waals surface area contributed by atoms with Crippen LogP contribution in [0.3, 0.4) is 0 Å². The molecule has 0 spiro atoms. The molecule has 1 aromatic carbocycles. The lowest BCUT2D eigenvalue weighted by Gasteiger charge is -2.00. The minimum atomic E-state index is -0.328. The van der Waals surface area contributed by atoms with Crippen molar-refractivity contribution in [3.05, 3.63) is 35.2 Å². The summed E-state index contributed by atoms with van der Waals surface area (Å²) in [5.74, 6) is -0.328. The van der Waals surface area contributed by atoms with Gasteiger partial charge in [-0.15, -0.1) is 11.3 Å². The van der Waals surface area contributed by atoms with Gasteiger partial charge in [0, 0.05) is 18.0 Å². The Morgan fingerprint density at radius 1 is 1.35 bits per heavy atom. The van der Waals surface area contributed by atoms with E-state index in [1.54, 1.807) is 23.5 Å². The number of hydrogen-bond donors (Lipinski definition) is 1. The molecule has 0 bridgehead atoms. The molecule has 1 aromatic heterocycles. The SMILES string of the molecule is CNc1nc(-c2ccc(C(=O)OC)cc2)cs1. The molecule has 0 aliphatic heterocycles. The first-order valence-electron chi connectivity index (χ1n) is 5.06. The van der Waals surface area contributed by atoms with Crippen LogP contribution in [0.2, 0.25) is 0 Å². The first kappa shape index (κ1) is 11.6. The number of anilines is 1. The zero-order chi connectivity index (χ0) is 12.3. The Morgan fingerprint density at radius 3 is 2.59 bits per heavy atom. The standard InChI is InChI=1S/C12H12N2O2S/c1-13-12-14-10(7-17-12)8-3-5-9(6-4-8)11(15)16-2/h3-7H,1-2H3,(H,13,14). The third kappa shape index (κ3) is 2.45. The average molecular weight is 248 g/mol. The molecule has 0 amide bonds. The first-order valence-corrected chi connectivity index (χ1v) is 5.94. The van der Waals surface area contributed by atoms with E-state index < -0.39 is 0 Å². The number of aromatic nitrogens is 1. The van der Waals surface area contributed by atoms with E-state index >= 15 is 0 Å². The van der Waals surface area contributed by atoms with Crippen molar-refractivity contribution in [1.82, 2.24) is 4.98 Å². The Bertz CT molecular complexity index is 520. The second-order valence-corrected chi connectivity index (χ2v) is 4.21. The molecule has 0 aliphatic rings.